The van der Waals surface area contributed by atoms with Gasteiger partial charge in [0.15, 0.2) is 11.5 Å². The number of β-amino-alcohol motifs (C(OH)–C–C–N with tert-alkyl or cyclic N) is 1. The van der Waals surface area contributed by atoms with E-state index in [-0.39, 0.29) is 17.5 Å². The Morgan fingerprint density at radius 3 is 2.78 bits per heavy atom. The molecule has 8 heteroatoms. The summed E-state index contributed by atoms with van der Waals surface area (Å²) in [5, 5.41) is 9.04. The molecule has 1 aromatic carbocycles. The normalized spacial score (nSPS) is 23.0. The quantitative estimate of drug-likeness (QED) is 0.839. The second-order valence-corrected chi connectivity index (χ2v) is 7.63. The number of aliphatic hydroxyl groups is 1. The van der Waals surface area contributed by atoms with Crippen molar-refractivity contribution < 1.29 is 23.0 Å². The van der Waals surface area contributed by atoms with Gasteiger partial charge in [-0.15, -0.1) is 0 Å². The lowest BCUT2D eigenvalue weighted by Gasteiger charge is -2.39. The van der Waals surface area contributed by atoms with E-state index in [2.05, 4.69) is 4.90 Å². The maximum atomic E-state index is 13.1. The molecule has 0 amide bonds. The second kappa shape index (κ2) is 6.64. The van der Waals surface area contributed by atoms with E-state index in [0.717, 1.165) is 0 Å². The summed E-state index contributed by atoms with van der Waals surface area (Å²) in [5.74, 6) is 0.785. The molecular formula is C15H22N2O5S. The van der Waals surface area contributed by atoms with Crippen LogP contribution in [-0.4, -0.2) is 74.8 Å². The third-order valence-electron chi connectivity index (χ3n) is 4.18. The molecule has 1 saturated heterocycles. The van der Waals surface area contributed by atoms with E-state index in [9.17, 15) is 8.42 Å². The summed E-state index contributed by atoms with van der Waals surface area (Å²) in [7, 11) is -3.65. The number of hydrogen-bond acceptors (Lipinski definition) is 6. The van der Waals surface area contributed by atoms with Gasteiger partial charge in [-0.05, 0) is 19.1 Å². The molecule has 0 saturated carbocycles. The molecule has 7 nitrogen and oxygen atoms in total. The van der Waals surface area contributed by atoms with Crippen molar-refractivity contribution >= 4 is 10.0 Å². The number of benzene rings is 1. The van der Waals surface area contributed by atoms with Gasteiger partial charge in [-0.25, -0.2) is 8.42 Å². The zero-order valence-electron chi connectivity index (χ0n) is 13.1. The molecular weight excluding hydrogens is 320 g/mol. The predicted molar refractivity (Wildman–Crippen MR) is 84.3 cm³/mol. The smallest absolute Gasteiger partial charge is 0.247 e. The van der Waals surface area contributed by atoms with E-state index in [1.54, 1.807) is 18.2 Å². The Balaban J connectivity index is 1.88. The molecule has 0 aromatic heterocycles. The van der Waals surface area contributed by atoms with E-state index in [0.29, 0.717) is 50.9 Å². The van der Waals surface area contributed by atoms with Crippen molar-refractivity contribution in [2.24, 2.45) is 0 Å². The van der Waals surface area contributed by atoms with E-state index in [1.807, 2.05) is 6.92 Å². The fourth-order valence-corrected chi connectivity index (χ4v) is 4.85. The van der Waals surface area contributed by atoms with Gasteiger partial charge in [0.25, 0.3) is 0 Å². The molecule has 1 N–H and O–H groups in total. The lowest BCUT2D eigenvalue weighted by molar-refractivity contribution is 0.119. The van der Waals surface area contributed by atoms with Crippen LogP contribution in [0.2, 0.25) is 0 Å². The maximum Gasteiger partial charge on any atom is 0.247 e. The summed E-state index contributed by atoms with van der Waals surface area (Å²) >= 11 is 0. The van der Waals surface area contributed by atoms with Gasteiger partial charge in [0.2, 0.25) is 10.0 Å². The van der Waals surface area contributed by atoms with Gasteiger partial charge in [-0.1, -0.05) is 6.07 Å². The molecule has 2 heterocycles. The molecule has 1 aromatic rings. The number of aliphatic hydroxyl groups excluding tert-OH is 1. The summed E-state index contributed by atoms with van der Waals surface area (Å²) in [4.78, 5) is 2.23. The lowest BCUT2D eigenvalue weighted by Crippen LogP contribution is -2.54. The van der Waals surface area contributed by atoms with Gasteiger partial charge >= 0.3 is 0 Å². The van der Waals surface area contributed by atoms with Crippen LogP contribution in [0.25, 0.3) is 0 Å². The molecule has 3 rings (SSSR count). The first-order chi connectivity index (χ1) is 11.0. The van der Waals surface area contributed by atoms with Crippen molar-refractivity contribution in [3.63, 3.8) is 0 Å². The van der Waals surface area contributed by atoms with Crippen molar-refractivity contribution in [3.8, 4) is 11.5 Å². The topological polar surface area (TPSA) is 79.3 Å². The van der Waals surface area contributed by atoms with Crippen LogP contribution in [-0.2, 0) is 10.0 Å². The number of hydrogen-bond donors (Lipinski definition) is 1. The highest BCUT2D eigenvalue weighted by atomic mass is 32.2. The molecule has 128 valence electrons. The monoisotopic (exact) mass is 342 g/mol. The van der Waals surface area contributed by atoms with Gasteiger partial charge in [-0.2, -0.15) is 4.31 Å². The van der Waals surface area contributed by atoms with Crippen LogP contribution < -0.4 is 9.47 Å². The summed E-state index contributed by atoms with van der Waals surface area (Å²) in [6.07, 6.45) is 0. The first-order valence-corrected chi connectivity index (χ1v) is 9.21. The fourth-order valence-electron chi connectivity index (χ4n) is 3.09. The fraction of sp³-hybridized carbons (Fsp3) is 0.600. The molecule has 1 unspecified atom stereocenters. The average molecular weight is 342 g/mol. The van der Waals surface area contributed by atoms with Crippen molar-refractivity contribution in [1.29, 1.82) is 0 Å². The van der Waals surface area contributed by atoms with Crippen LogP contribution in [0.5, 0.6) is 11.5 Å². The van der Waals surface area contributed by atoms with Crippen LogP contribution in [0.1, 0.15) is 6.92 Å². The summed E-state index contributed by atoms with van der Waals surface area (Å²) < 4.78 is 38.7. The van der Waals surface area contributed by atoms with Crippen LogP contribution in [0.3, 0.4) is 0 Å². The molecule has 0 radical (unpaired) electrons. The molecule has 0 spiro atoms. The highest BCUT2D eigenvalue weighted by molar-refractivity contribution is 7.89. The van der Waals surface area contributed by atoms with Gasteiger partial charge in [0, 0.05) is 32.2 Å². The van der Waals surface area contributed by atoms with Crippen LogP contribution in [0, 0.1) is 0 Å². The Morgan fingerprint density at radius 2 is 2.04 bits per heavy atom. The number of ether oxygens (including phenoxy) is 2. The number of rotatable bonds is 4. The second-order valence-electron chi connectivity index (χ2n) is 5.77. The minimum absolute atomic E-state index is 0.0802. The van der Waals surface area contributed by atoms with Crippen molar-refractivity contribution in [2.75, 3.05) is 46.0 Å². The van der Waals surface area contributed by atoms with Crippen molar-refractivity contribution in [2.45, 2.75) is 17.9 Å². The average Bonchev–Trinajstić information content (AvgIpc) is 2.54. The number of fused-ring (bicyclic) bond motifs is 1. The maximum absolute atomic E-state index is 13.1. The number of sulfonamides is 1. The lowest BCUT2D eigenvalue weighted by atomic mass is 10.2. The zero-order valence-corrected chi connectivity index (χ0v) is 14.0. The SMILES string of the molecule is CC1CN(CCO)CCN1S(=O)(=O)c1cccc2c1OCCO2. The Bertz CT molecular complexity index is 664. The van der Waals surface area contributed by atoms with Gasteiger partial charge < -0.3 is 14.6 Å². The minimum atomic E-state index is -3.65. The Hall–Kier alpha value is -1.35. The number of piperazine rings is 1. The number of nitrogens with zero attached hydrogens (tertiary/aromatic N) is 2. The Labute approximate surface area is 136 Å². The van der Waals surface area contributed by atoms with E-state index in [4.69, 9.17) is 14.6 Å². The van der Waals surface area contributed by atoms with Crippen LogP contribution in [0.15, 0.2) is 23.1 Å². The summed E-state index contributed by atoms with van der Waals surface area (Å²) in [6, 6.07) is 4.79. The summed E-state index contributed by atoms with van der Waals surface area (Å²) in [6.45, 7) is 4.91. The molecule has 0 bridgehead atoms. The van der Waals surface area contributed by atoms with Crippen LogP contribution >= 0.6 is 0 Å². The van der Waals surface area contributed by atoms with Gasteiger partial charge in [-0.3, -0.25) is 4.90 Å². The standard InChI is InChI=1S/C15H22N2O5S/c1-12-11-16(7-8-18)5-6-17(12)23(19,20)14-4-2-3-13-15(14)22-10-9-21-13/h2-4,12,18H,5-11H2,1H3. The Morgan fingerprint density at radius 1 is 1.26 bits per heavy atom. The van der Waals surface area contributed by atoms with Crippen molar-refractivity contribution in [3.05, 3.63) is 18.2 Å². The molecule has 2 aliphatic rings. The number of para-hydroxylation sites is 1. The first-order valence-electron chi connectivity index (χ1n) is 7.77. The highest BCUT2D eigenvalue weighted by Crippen LogP contribution is 2.38. The van der Waals surface area contributed by atoms with Gasteiger partial charge in [0.1, 0.15) is 18.1 Å². The van der Waals surface area contributed by atoms with Crippen LogP contribution in [0.4, 0.5) is 0 Å². The van der Waals surface area contributed by atoms with E-state index in [1.165, 1.54) is 4.31 Å². The minimum Gasteiger partial charge on any atom is -0.486 e. The van der Waals surface area contributed by atoms with E-state index >= 15 is 0 Å². The van der Waals surface area contributed by atoms with Gasteiger partial charge in [0.05, 0.1) is 6.61 Å². The van der Waals surface area contributed by atoms with Crippen molar-refractivity contribution in [1.82, 2.24) is 9.21 Å². The predicted octanol–water partition coefficient (Wildman–Crippen LogP) is 0.145. The first kappa shape index (κ1) is 16.5. The summed E-state index contributed by atoms with van der Waals surface area (Å²) in [5.41, 5.74) is 0. The molecule has 1 atom stereocenters. The third kappa shape index (κ3) is 3.16. The largest absolute Gasteiger partial charge is 0.486 e. The highest BCUT2D eigenvalue weighted by Gasteiger charge is 2.36. The molecule has 2 aliphatic heterocycles. The third-order valence-corrected chi connectivity index (χ3v) is 6.22. The molecule has 23 heavy (non-hydrogen) atoms. The zero-order chi connectivity index (χ0) is 16.4. The van der Waals surface area contributed by atoms with E-state index < -0.39 is 10.0 Å². The molecule has 0 aliphatic carbocycles. The molecule has 1 fully saturated rings. The Kier molecular flexibility index (Phi) is 4.77.